The molecule has 1 aliphatic rings. The number of H-pyrrole nitrogens is 1. The first-order valence-corrected chi connectivity index (χ1v) is 11.5. The Morgan fingerprint density at radius 3 is 2.41 bits per heavy atom. The lowest BCUT2D eigenvalue weighted by molar-refractivity contribution is -0.126. The van der Waals surface area contributed by atoms with Crippen LogP contribution < -0.4 is 5.32 Å². The zero-order valence-electron chi connectivity index (χ0n) is 16.9. The summed E-state index contributed by atoms with van der Waals surface area (Å²) >= 11 is 5.06. The number of hydrogen-bond donors (Lipinski definition) is 2. The Hall–Kier alpha value is -2.04. The number of piperidine rings is 1. The molecule has 0 saturated carbocycles. The molecule has 1 saturated heterocycles. The molecule has 0 spiro atoms. The van der Waals surface area contributed by atoms with Crippen LogP contribution in [0.1, 0.15) is 44.0 Å². The van der Waals surface area contributed by atoms with Gasteiger partial charge in [0.25, 0.3) is 0 Å². The quantitative estimate of drug-likeness (QED) is 0.676. The smallest absolute Gasteiger partial charge is 0.243 e. The molecule has 8 nitrogen and oxygen atoms in total. The van der Waals surface area contributed by atoms with Gasteiger partial charge in [-0.05, 0) is 48.7 Å². The first kappa shape index (κ1) is 21.7. The van der Waals surface area contributed by atoms with Gasteiger partial charge in [-0.3, -0.25) is 9.89 Å². The molecule has 1 aromatic heterocycles. The van der Waals surface area contributed by atoms with Crippen molar-refractivity contribution in [1.82, 2.24) is 24.4 Å². The minimum Gasteiger partial charge on any atom is -0.349 e. The van der Waals surface area contributed by atoms with Crippen molar-refractivity contribution in [2.75, 3.05) is 13.1 Å². The van der Waals surface area contributed by atoms with E-state index in [0.717, 1.165) is 5.56 Å². The van der Waals surface area contributed by atoms with Crippen LogP contribution in [0.25, 0.3) is 0 Å². The minimum atomic E-state index is -3.54. The lowest BCUT2D eigenvalue weighted by Crippen LogP contribution is -2.43. The van der Waals surface area contributed by atoms with Gasteiger partial charge in [0.15, 0.2) is 10.6 Å². The molecule has 1 aromatic carbocycles. The topological polar surface area (TPSA) is 100 Å². The summed E-state index contributed by atoms with van der Waals surface area (Å²) in [5, 5.41) is 9.62. The van der Waals surface area contributed by atoms with Gasteiger partial charge in [0.2, 0.25) is 15.9 Å². The number of aromatic nitrogens is 3. The molecule has 2 heterocycles. The van der Waals surface area contributed by atoms with Crippen LogP contribution in [0, 0.1) is 10.7 Å². The van der Waals surface area contributed by atoms with E-state index in [0.29, 0.717) is 47.3 Å². The molecule has 158 valence electrons. The minimum absolute atomic E-state index is 0.0859. The van der Waals surface area contributed by atoms with Gasteiger partial charge < -0.3 is 9.88 Å². The molecule has 10 heteroatoms. The van der Waals surface area contributed by atoms with Crippen LogP contribution >= 0.6 is 12.2 Å². The van der Waals surface area contributed by atoms with Crippen LogP contribution in [0.15, 0.2) is 29.2 Å². The molecule has 0 bridgehead atoms. The third-order valence-electron chi connectivity index (χ3n) is 5.40. The summed E-state index contributed by atoms with van der Waals surface area (Å²) in [6, 6.07) is 7.06. The number of aromatic amines is 1. The summed E-state index contributed by atoms with van der Waals surface area (Å²) in [5.41, 5.74) is 1.10. The molecule has 2 N–H and O–H groups in total. The highest BCUT2D eigenvalue weighted by molar-refractivity contribution is 7.89. The maximum absolute atomic E-state index is 12.9. The molecule has 3 rings (SSSR count). The van der Waals surface area contributed by atoms with Crippen molar-refractivity contribution < 1.29 is 13.2 Å². The number of sulfonamides is 1. The molecule has 0 radical (unpaired) electrons. The van der Waals surface area contributed by atoms with E-state index < -0.39 is 10.0 Å². The van der Waals surface area contributed by atoms with Crippen molar-refractivity contribution >= 4 is 28.1 Å². The summed E-state index contributed by atoms with van der Waals surface area (Å²) in [7, 11) is -1.76. The maximum Gasteiger partial charge on any atom is 0.243 e. The average Bonchev–Trinajstić information content (AvgIpc) is 3.04. The third kappa shape index (κ3) is 4.76. The zero-order chi connectivity index (χ0) is 21.2. The summed E-state index contributed by atoms with van der Waals surface area (Å²) in [6.45, 7) is 5.09. The molecule has 1 amide bonds. The van der Waals surface area contributed by atoms with Crippen LogP contribution in [-0.4, -0.2) is 46.5 Å². The number of hydrogen-bond acceptors (Lipinski definition) is 5. The normalized spacial score (nSPS) is 16.3. The molecule has 1 aliphatic heterocycles. The Kier molecular flexibility index (Phi) is 6.55. The van der Waals surface area contributed by atoms with E-state index >= 15 is 0 Å². The fourth-order valence-electron chi connectivity index (χ4n) is 3.38. The number of benzene rings is 1. The number of nitrogens with one attached hydrogen (secondary N) is 2. The van der Waals surface area contributed by atoms with Gasteiger partial charge in [-0.1, -0.05) is 26.0 Å². The first-order valence-electron chi connectivity index (χ1n) is 9.68. The highest BCUT2D eigenvalue weighted by Gasteiger charge is 2.32. The van der Waals surface area contributed by atoms with E-state index in [1.165, 1.54) is 4.31 Å². The van der Waals surface area contributed by atoms with E-state index in [4.69, 9.17) is 12.2 Å². The predicted molar refractivity (Wildman–Crippen MR) is 112 cm³/mol. The number of amides is 1. The van der Waals surface area contributed by atoms with Crippen molar-refractivity contribution in [2.24, 2.45) is 13.0 Å². The van der Waals surface area contributed by atoms with Crippen molar-refractivity contribution in [1.29, 1.82) is 0 Å². The predicted octanol–water partition coefficient (Wildman–Crippen LogP) is 2.32. The van der Waals surface area contributed by atoms with Gasteiger partial charge in [-0.15, -0.1) is 0 Å². The highest BCUT2D eigenvalue weighted by Crippen LogP contribution is 2.25. The van der Waals surface area contributed by atoms with Crippen LogP contribution in [0.4, 0.5) is 0 Å². The van der Waals surface area contributed by atoms with Crippen LogP contribution in [0.5, 0.6) is 0 Å². The van der Waals surface area contributed by atoms with Gasteiger partial charge >= 0.3 is 0 Å². The zero-order valence-corrected chi connectivity index (χ0v) is 18.5. The summed E-state index contributed by atoms with van der Waals surface area (Å²) < 4.78 is 29.5. The van der Waals surface area contributed by atoms with Crippen LogP contribution in [0.3, 0.4) is 0 Å². The van der Waals surface area contributed by atoms with Crippen LogP contribution in [0.2, 0.25) is 0 Å². The molecule has 0 aliphatic carbocycles. The number of nitrogens with zero attached hydrogens (tertiary/aromatic N) is 3. The largest absolute Gasteiger partial charge is 0.349 e. The van der Waals surface area contributed by atoms with Gasteiger partial charge in [0.1, 0.15) is 0 Å². The first-order chi connectivity index (χ1) is 13.7. The maximum atomic E-state index is 12.9. The number of carbonyl (C=O) groups is 1. The van der Waals surface area contributed by atoms with E-state index in [2.05, 4.69) is 29.4 Å². The Labute approximate surface area is 176 Å². The Balaban J connectivity index is 1.57. The SMILES string of the molecule is CC(C)c1ccc(S(=O)(=O)N2CCC(C(=O)NCc3n[nH]c(=S)n3C)CC2)cc1. The Morgan fingerprint density at radius 1 is 1.28 bits per heavy atom. The molecular formula is C19H27N5O3S2. The van der Waals surface area contributed by atoms with Gasteiger partial charge in [0, 0.05) is 26.1 Å². The van der Waals surface area contributed by atoms with Gasteiger partial charge in [0.05, 0.1) is 11.4 Å². The fraction of sp³-hybridized carbons (Fsp3) is 0.526. The molecule has 1 fully saturated rings. The second-order valence-corrected chi connectivity index (χ2v) is 9.95. The Morgan fingerprint density at radius 2 is 1.90 bits per heavy atom. The van der Waals surface area contributed by atoms with Gasteiger partial charge in [-0.2, -0.15) is 9.40 Å². The van der Waals surface area contributed by atoms with E-state index in [-0.39, 0.29) is 18.4 Å². The molecule has 2 aromatic rings. The van der Waals surface area contributed by atoms with Gasteiger partial charge in [-0.25, -0.2) is 8.42 Å². The Bertz CT molecular complexity index is 1020. The molecule has 0 unspecified atom stereocenters. The highest BCUT2D eigenvalue weighted by atomic mass is 32.2. The molecular weight excluding hydrogens is 410 g/mol. The summed E-state index contributed by atoms with van der Waals surface area (Å²) in [4.78, 5) is 12.8. The monoisotopic (exact) mass is 437 g/mol. The van der Waals surface area contributed by atoms with Crippen molar-refractivity contribution in [3.05, 3.63) is 40.4 Å². The number of rotatable bonds is 6. The fourth-order valence-corrected chi connectivity index (χ4v) is 5.00. The second kappa shape index (κ2) is 8.76. The summed E-state index contributed by atoms with van der Waals surface area (Å²) in [6.07, 6.45) is 0.988. The second-order valence-electron chi connectivity index (χ2n) is 7.62. The average molecular weight is 438 g/mol. The standard InChI is InChI=1S/C19H27N5O3S2/c1-13(2)14-4-6-16(7-5-14)29(26,27)24-10-8-15(9-11-24)18(25)20-12-17-21-22-19(28)23(17)3/h4-7,13,15H,8-12H2,1-3H3,(H,20,25)(H,22,28). The van der Waals surface area contributed by atoms with Crippen molar-refractivity contribution in [2.45, 2.75) is 44.0 Å². The van der Waals surface area contributed by atoms with E-state index in [1.54, 1.807) is 23.7 Å². The molecule has 29 heavy (non-hydrogen) atoms. The van der Waals surface area contributed by atoms with E-state index in [1.807, 2.05) is 12.1 Å². The lowest BCUT2D eigenvalue weighted by Gasteiger charge is -2.30. The van der Waals surface area contributed by atoms with Crippen molar-refractivity contribution in [3.8, 4) is 0 Å². The third-order valence-corrected chi connectivity index (χ3v) is 7.68. The van der Waals surface area contributed by atoms with E-state index in [9.17, 15) is 13.2 Å². The van der Waals surface area contributed by atoms with Crippen molar-refractivity contribution in [3.63, 3.8) is 0 Å². The molecule has 0 atom stereocenters. The van der Waals surface area contributed by atoms with Crippen LogP contribution in [-0.2, 0) is 28.4 Å². The number of carbonyl (C=O) groups excluding carboxylic acids is 1. The lowest BCUT2D eigenvalue weighted by atomic mass is 9.97. The summed E-state index contributed by atoms with van der Waals surface area (Å²) in [5.74, 6) is 0.699.